The zero-order valence-corrected chi connectivity index (χ0v) is 18.5. The molecule has 3 N–H and O–H groups in total. The molecular formula is C20H30FN5O4S. The summed E-state index contributed by atoms with van der Waals surface area (Å²) < 4.78 is 15.1. The van der Waals surface area contributed by atoms with Gasteiger partial charge in [-0.25, -0.2) is 19.4 Å². The highest BCUT2D eigenvalue weighted by molar-refractivity contribution is 7.98. The van der Waals surface area contributed by atoms with Crippen LogP contribution >= 0.6 is 11.8 Å². The molecule has 0 spiro atoms. The summed E-state index contributed by atoms with van der Waals surface area (Å²) in [6, 6.07) is 0. The van der Waals surface area contributed by atoms with Gasteiger partial charge in [0.1, 0.15) is 5.69 Å². The topological polar surface area (TPSA) is 119 Å². The van der Waals surface area contributed by atoms with Crippen LogP contribution in [-0.2, 0) is 16.1 Å². The molecule has 2 amide bonds. The summed E-state index contributed by atoms with van der Waals surface area (Å²) in [6.45, 7) is 0.564. The summed E-state index contributed by atoms with van der Waals surface area (Å²) in [5.74, 6) is -1.05. The maximum absolute atomic E-state index is 15.1. The van der Waals surface area contributed by atoms with Crippen molar-refractivity contribution in [1.82, 2.24) is 20.3 Å². The van der Waals surface area contributed by atoms with Crippen molar-refractivity contribution in [3.05, 3.63) is 11.5 Å². The van der Waals surface area contributed by atoms with E-state index in [9.17, 15) is 19.9 Å². The Morgan fingerprint density at radius 1 is 1.39 bits per heavy atom. The van der Waals surface area contributed by atoms with Crippen LogP contribution in [0.1, 0.15) is 44.2 Å². The van der Waals surface area contributed by atoms with Gasteiger partial charge in [-0.3, -0.25) is 14.8 Å². The van der Waals surface area contributed by atoms with Crippen LogP contribution in [0.3, 0.4) is 0 Å². The van der Waals surface area contributed by atoms with Crippen LogP contribution in [0.15, 0.2) is 5.16 Å². The van der Waals surface area contributed by atoms with E-state index < -0.39 is 17.8 Å². The minimum atomic E-state index is -0.615. The van der Waals surface area contributed by atoms with Gasteiger partial charge in [0.2, 0.25) is 12.3 Å². The van der Waals surface area contributed by atoms with E-state index in [2.05, 4.69) is 15.3 Å². The van der Waals surface area contributed by atoms with E-state index in [1.165, 1.54) is 11.8 Å². The summed E-state index contributed by atoms with van der Waals surface area (Å²) in [4.78, 5) is 33.8. The normalized spacial score (nSPS) is 20.1. The summed E-state index contributed by atoms with van der Waals surface area (Å²) in [6.07, 6.45) is 6.94. The number of aliphatic hydroxyl groups is 1. The average Bonchev–Trinajstić information content (AvgIpc) is 3.43. The summed E-state index contributed by atoms with van der Waals surface area (Å²) in [7, 11) is 0. The number of hydrogen-bond acceptors (Lipinski definition) is 8. The monoisotopic (exact) mass is 455 g/mol. The van der Waals surface area contributed by atoms with Gasteiger partial charge in [-0.05, 0) is 25.0 Å². The molecule has 2 heterocycles. The van der Waals surface area contributed by atoms with Crippen molar-refractivity contribution in [3.63, 3.8) is 0 Å². The van der Waals surface area contributed by atoms with Gasteiger partial charge >= 0.3 is 0 Å². The van der Waals surface area contributed by atoms with Gasteiger partial charge in [0.25, 0.3) is 0 Å². The lowest BCUT2D eigenvalue weighted by Gasteiger charge is -2.23. The third kappa shape index (κ3) is 6.27. The van der Waals surface area contributed by atoms with Gasteiger partial charge in [0.15, 0.2) is 16.8 Å². The summed E-state index contributed by atoms with van der Waals surface area (Å²) in [5, 5.41) is 23.0. The molecule has 2 fully saturated rings. The number of thioether (sulfide) groups is 1. The molecule has 9 nitrogen and oxygen atoms in total. The molecule has 2 atom stereocenters. The zero-order chi connectivity index (χ0) is 22.4. The number of nitrogens with one attached hydrogen (secondary N) is 1. The maximum atomic E-state index is 15.1. The summed E-state index contributed by atoms with van der Waals surface area (Å²) in [5.41, 5.74) is 0.0694. The second kappa shape index (κ2) is 11.1. The molecule has 3 rings (SSSR count). The third-order valence-corrected chi connectivity index (χ3v) is 6.50. The Hall–Kier alpha value is -1.98. The first-order valence-corrected chi connectivity index (χ1v) is 11.9. The number of rotatable bonds is 10. The molecule has 1 aliphatic carbocycles. The van der Waals surface area contributed by atoms with Crippen molar-refractivity contribution < 1.29 is 24.3 Å². The fourth-order valence-corrected chi connectivity index (χ4v) is 4.69. The second-order valence-electron chi connectivity index (χ2n) is 8.21. The Bertz CT molecular complexity index is 780. The second-order valence-corrected chi connectivity index (χ2v) is 8.98. The van der Waals surface area contributed by atoms with Gasteiger partial charge in [-0.1, -0.05) is 37.4 Å². The highest BCUT2D eigenvalue weighted by Crippen LogP contribution is 2.31. The molecule has 1 saturated heterocycles. The first kappa shape index (κ1) is 23.7. The van der Waals surface area contributed by atoms with Gasteiger partial charge in [-0.2, -0.15) is 0 Å². The van der Waals surface area contributed by atoms with Crippen molar-refractivity contribution in [2.24, 2.45) is 11.8 Å². The Morgan fingerprint density at radius 2 is 2.13 bits per heavy atom. The first-order chi connectivity index (χ1) is 14.9. The highest BCUT2D eigenvalue weighted by Gasteiger charge is 2.29. The van der Waals surface area contributed by atoms with Gasteiger partial charge < -0.3 is 15.3 Å². The van der Waals surface area contributed by atoms with E-state index in [-0.39, 0.29) is 36.9 Å². The molecule has 1 aromatic rings. The Kier molecular flexibility index (Phi) is 8.44. The van der Waals surface area contributed by atoms with Gasteiger partial charge in [0, 0.05) is 13.1 Å². The van der Waals surface area contributed by atoms with Crippen LogP contribution in [0.4, 0.5) is 10.2 Å². The molecule has 172 valence electrons. The number of hydroxylamine groups is 2. The molecule has 0 aromatic carbocycles. The Labute approximate surface area is 185 Å². The van der Waals surface area contributed by atoms with Crippen LogP contribution in [-0.4, -0.2) is 69.7 Å². The number of halogens is 1. The minimum absolute atomic E-state index is 0.0694. The van der Waals surface area contributed by atoms with Crippen LogP contribution in [0.25, 0.3) is 0 Å². The number of nitrogens with zero attached hydrogens (tertiary/aromatic N) is 4. The number of aliphatic hydroxyl groups excluding tert-OH is 1. The molecule has 1 aromatic heterocycles. The van der Waals surface area contributed by atoms with E-state index in [4.69, 9.17) is 0 Å². The van der Waals surface area contributed by atoms with Crippen molar-refractivity contribution in [2.45, 2.75) is 56.3 Å². The van der Waals surface area contributed by atoms with E-state index in [1.54, 1.807) is 11.2 Å². The Balaban J connectivity index is 1.71. The van der Waals surface area contributed by atoms with Crippen molar-refractivity contribution >= 4 is 29.9 Å². The van der Waals surface area contributed by atoms with E-state index >= 15 is 4.39 Å². The van der Waals surface area contributed by atoms with E-state index in [0.29, 0.717) is 42.1 Å². The number of anilines is 1. The lowest BCUT2D eigenvalue weighted by Crippen LogP contribution is -2.38. The standard InChI is InChI=1S/C20H30FN5O4S/c1-31-20-23-16(17(21)18(24-20)25-7-6-15(28)11-25)9-22-19(29)14(10-26(30)12-27)8-13-4-2-3-5-13/h12-15,28,30H,2-11H2,1H3,(H,22,29)/t14-,15+/m1/s1. The molecule has 0 bridgehead atoms. The molecule has 0 unspecified atom stereocenters. The number of carbonyl (C=O) groups excluding carboxylic acids is 2. The van der Waals surface area contributed by atoms with E-state index in [0.717, 1.165) is 25.7 Å². The molecule has 1 saturated carbocycles. The van der Waals surface area contributed by atoms with Crippen molar-refractivity contribution in [2.75, 3.05) is 30.8 Å². The molecule has 2 aliphatic rings. The number of amides is 2. The number of carbonyl (C=O) groups is 2. The van der Waals surface area contributed by atoms with Crippen molar-refractivity contribution in [1.29, 1.82) is 0 Å². The molecular weight excluding hydrogens is 425 g/mol. The number of hydrogen-bond donors (Lipinski definition) is 3. The zero-order valence-electron chi connectivity index (χ0n) is 17.7. The molecule has 11 heteroatoms. The highest BCUT2D eigenvalue weighted by atomic mass is 32.2. The smallest absolute Gasteiger partial charge is 0.233 e. The van der Waals surface area contributed by atoms with Gasteiger partial charge in [-0.15, -0.1) is 0 Å². The predicted molar refractivity (Wildman–Crippen MR) is 113 cm³/mol. The predicted octanol–water partition coefficient (Wildman–Crippen LogP) is 1.57. The minimum Gasteiger partial charge on any atom is -0.391 e. The molecule has 31 heavy (non-hydrogen) atoms. The fourth-order valence-electron chi connectivity index (χ4n) is 4.31. The molecule has 0 radical (unpaired) electrons. The fraction of sp³-hybridized carbons (Fsp3) is 0.700. The van der Waals surface area contributed by atoms with Gasteiger partial charge in [0.05, 0.1) is 25.1 Å². The lowest BCUT2D eigenvalue weighted by atomic mass is 9.92. The number of β-amino-alcohol motifs (C(OH)–C–C–N with tert-alkyl or cyclic N) is 1. The first-order valence-electron chi connectivity index (χ1n) is 10.6. The van der Waals surface area contributed by atoms with Crippen LogP contribution in [0.5, 0.6) is 0 Å². The number of aromatic nitrogens is 2. The maximum Gasteiger partial charge on any atom is 0.233 e. The largest absolute Gasteiger partial charge is 0.391 e. The molecule has 1 aliphatic heterocycles. The quantitative estimate of drug-likeness (QED) is 0.160. The van der Waals surface area contributed by atoms with Crippen LogP contribution in [0, 0.1) is 17.7 Å². The summed E-state index contributed by atoms with van der Waals surface area (Å²) >= 11 is 1.27. The SMILES string of the molecule is CSc1nc(CNC(=O)[C@H](CC2CCCC2)CN(O)C=O)c(F)c(N2CC[C@H](O)C2)n1. The van der Waals surface area contributed by atoms with E-state index in [1.807, 2.05) is 0 Å². The van der Waals surface area contributed by atoms with Crippen molar-refractivity contribution in [3.8, 4) is 0 Å². The third-order valence-electron chi connectivity index (χ3n) is 5.95. The van der Waals surface area contributed by atoms with Crippen LogP contribution < -0.4 is 10.2 Å². The van der Waals surface area contributed by atoms with Crippen LogP contribution in [0.2, 0.25) is 0 Å². The Morgan fingerprint density at radius 3 is 2.74 bits per heavy atom. The average molecular weight is 456 g/mol. The lowest BCUT2D eigenvalue weighted by molar-refractivity contribution is -0.155.